The molecule has 0 bridgehead atoms. The van der Waals surface area contributed by atoms with Crippen molar-refractivity contribution < 1.29 is 13.2 Å². The number of nitrogens with one attached hydrogen (secondary N) is 1. The third-order valence-corrected chi connectivity index (χ3v) is 2.42. The highest BCUT2D eigenvalue weighted by molar-refractivity contribution is 8.00. The number of hydrogen-bond donors (Lipinski definition) is 1. The molecule has 0 aromatic heterocycles. The molecule has 0 spiro atoms. The zero-order valence-corrected chi connectivity index (χ0v) is 9.34. The van der Waals surface area contributed by atoms with E-state index < -0.39 is 5.51 Å². The van der Waals surface area contributed by atoms with Gasteiger partial charge < -0.3 is 10.2 Å². The first kappa shape index (κ1) is 14.1. The van der Waals surface area contributed by atoms with Crippen molar-refractivity contribution in [2.45, 2.75) is 11.9 Å². The summed E-state index contributed by atoms with van der Waals surface area (Å²) in [6.45, 7) is 2.21. The molecule has 2 nitrogen and oxygen atoms in total. The molecule has 0 amide bonds. The van der Waals surface area contributed by atoms with Crippen molar-refractivity contribution >= 4 is 11.8 Å². The van der Waals surface area contributed by atoms with E-state index in [0.717, 1.165) is 19.5 Å². The molecule has 0 heterocycles. The molecule has 0 atom stereocenters. The molecule has 0 fully saturated rings. The Bertz CT molecular complexity index is 141. The Morgan fingerprint density at radius 3 is 2.43 bits per heavy atom. The van der Waals surface area contributed by atoms with Gasteiger partial charge in [0, 0.05) is 12.3 Å². The van der Waals surface area contributed by atoms with E-state index >= 15 is 0 Å². The van der Waals surface area contributed by atoms with Crippen LogP contribution >= 0.6 is 11.8 Å². The van der Waals surface area contributed by atoms with E-state index in [1.54, 1.807) is 0 Å². The Labute approximate surface area is 87.2 Å². The molecule has 0 radical (unpaired) electrons. The van der Waals surface area contributed by atoms with Crippen LogP contribution in [0.15, 0.2) is 0 Å². The van der Waals surface area contributed by atoms with E-state index in [-0.39, 0.29) is 17.5 Å². The van der Waals surface area contributed by atoms with E-state index in [1.165, 1.54) is 0 Å². The molecule has 0 aliphatic carbocycles. The van der Waals surface area contributed by atoms with Crippen molar-refractivity contribution in [2.75, 3.05) is 39.5 Å². The van der Waals surface area contributed by atoms with Crippen LogP contribution in [0.1, 0.15) is 6.42 Å². The minimum Gasteiger partial charge on any atom is -0.320 e. The van der Waals surface area contributed by atoms with E-state index in [9.17, 15) is 13.2 Å². The maximum Gasteiger partial charge on any atom is 0.441 e. The molecule has 0 aromatic carbocycles. The lowest BCUT2D eigenvalue weighted by atomic mass is 10.4. The third-order valence-electron chi connectivity index (χ3n) is 1.71. The number of rotatable bonds is 7. The van der Waals surface area contributed by atoms with E-state index in [1.807, 2.05) is 19.0 Å². The minimum atomic E-state index is -4.09. The second-order valence-electron chi connectivity index (χ2n) is 3.05. The number of hydrogen-bond acceptors (Lipinski definition) is 3. The van der Waals surface area contributed by atoms with Crippen LogP contribution in [0, 0.1) is 0 Å². The van der Waals surface area contributed by atoms with Gasteiger partial charge in [0.2, 0.25) is 0 Å². The minimum absolute atomic E-state index is 0.0438. The Hall–Kier alpha value is 0.0600. The van der Waals surface area contributed by atoms with Crippen LogP contribution in [0.2, 0.25) is 0 Å². The van der Waals surface area contributed by atoms with E-state index in [0.29, 0.717) is 6.54 Å². The van der Waals surface area contributed by atoms with Gasteiger partial charge in [-0.25, -0.2) is 0 Å². The van der Waals surface area contributed by atoms with Crippen LogP contribution in [-0.4, -0.2) is 49.9 Å². The second kappa shape index (κ2) is 7.36. The number of alkyl halides is 3. The SMILES string of the molecule is CNCCCN(C)CCSC(F)(F)F. The molecule has 0 aromatic rings. The summed E-state index contributed by atoms with van der Waals surface area (Å²) in [6, 6.07) is 0. The highest BCUT2D eigenvalue weighted by atomic mass is 32.2. The molecule has 0 unspecified atom stereocenters. The maximum atomic E-state index is 11.7. The fourth-order valence-corrected chi connectivity index (χ4v) is 1.59. The summed E-state index contributed by atoms with van der Waals surface area (Å²) in [7, 11) is 3.70. The highest BCUT2D eigenvalue weighted by Crippen LogP contribution is 2.29. The average molecular weight is 230 g/mol. The quantitative estimate of drug-likeness (QED) is 0.671. The Morgan fingerprint density at radius 2 is 1.93 bits per heavy atom. The van der Waals surface area contributed by atoms with Gasteiger partial charge in [-0.2, -0.15) is 13.2 Å². The summed E-state index contributed by atoms with van der Waals surface area (Å²) in [6.07, 6.45) is 0.962. The second-order valence-corrected chi connectivity index (χ2v) is 4.21. The van der Waals surface area contributed by atoms with Gasteiger partial charge in [0.05, 0.1) is 0 Å². The van der Waals surface area contributed by atoms with Gasteiger partial charge in [-0.15, -0.1) is 0 Å². The van der Waals surface area contributed by atoms with Crippen molar-refractivity contribution in [3.05, 3.63) is 0 Å². The lowest BCUT2D eigenvalue weighted by Gasteiger charge is -2.16. The number of halogens is 3. The summed E-state index contributed by atoms with van der Waals surface area (Å²) >= 11 is 0.0438. The van der Waals surface area contributed by atoms with Crippen LogP contribution < -0.4 is 5.32 Å². The van der Waals surface area contributed by atoms with Crippen LogP contribution in [0.25, 0.3) is 0 Å². The lowest BCUT2D eigenvalue weighted by Crippen LogP contribution is -2.25. The molecular weight excluding hydrogens is 213 g/mol. The van der Waals surface area contributed by atoms with E-state index in [2.05, 4.69) is 5.32 Å². The van der Waals surface area contributed by atoms with Gasteiger partial charge in [0.1, 0.15) is 0 Å². The van der Waals surface area contributed by atoms with Gasteiger partial charge in [0.25, 0.3) is 0 Å². The number of thioether (sulfide) groups is 1. The average Bonchev–Trinajstić information content (AvgIpc) is 2.02. The van der Waals surface area contributed by atoms with Gasteiger partial charge >= 0.3 is 5.51 Å². The van der Waals surface area contributed by atoms with Gasteiger partial charge in [-0.1, -0.05) is 0 Å². The summed E-state index contributed by atoms with van der Waals surface area (Å²) in [5, 5.41) is 2.99. The fraction of sp³-hybridized carbons (Fsp3) is 1.00. The van der Waals surface area contributed by atoms with Crippen molar-refractivity contribution in [3.8, 4) is 0 Å². The first-order chi connectivity index (χ1) is 6.45. The molecule has 0 saturated carbocycles. The predicted molar refractivity (Wildman–Crippen MR) is 54.6 cm³/mol. The zero-order chi connectivity index (χ0) is 11.0. The predicted octanol–water partition coefficient (Wildman–Crippen LogP) is 1.78. The van der Waals surface area contributed by atoms with Crippen molar-refractivity contribution in [1.29, 1.82) is 0 Å². The summed E-state index contributed by atoms with van der Waals surface area (Å²) in [5.41, 5.74) is -4.09. The van der Waals surface area contributed by atoms with Crippen LogP contribution in [0.4, 0.5) is 13.2 Å². The molecule has 0 aliphatic rings. The summed E-state index contributed by atoms with van der Waals surface area (Å²) in [4.78, 5) is 1.91. The maximum absolute atomic E-state index is 11.7. The van der Waals surface area contributed by atoms with Crippen LogP contribution in [0.5, 0.6) is 0 Å². The Balaban J connectivity index is 3.31. The molecular formula is C8H17F3N2S. The Morgan fingerprint density at radius 1 is 1.29 bits per heavy atom. The molecule has 0 rings (SSSR count). The highest BCUT2D eigenvalue weighted by Gasteiger charge is 2.27. The first-order valence-corrected chi connectivity index (χ1v) is 5.48. The fourth-order valence-electron chi connectivity index (χ4n) is 0.955. The van der Waals surface area contributed by atoms with Gasteiger partial charge in [-0.05, 0) is 45.4 Å². The van der Waals surface area contributed by atoms with Crippen molar-refractivity contribution in [2.24, 2.45) is 0 Å². The van der Waals surface area contributed by atoms with E-state index in [4.69, 9.17) is 0 Å². The first-order valence-electron chi connectivity index (χ1n) is 4.49. The van der Waals surface area contributed by atoms with Gasteiger partial charge in [-0.3, -0.25) is 0 Å². The molecule has 86 valence electrons. The smallest absolute Gasteiger partial charge is 0.320 e. The summed E-state index contributed by atoms with van der Waals surface area (Å²) < 4.78 is 35.2. The number of nitrogens with zero attached hydrogens (tertiary/aromatic N) is 1. The molecule has 1 N–H and O–H groups in total. The lowest BCUT2D eigenvalue weighted by molar-refractivity contribution is -0.0328. The van der Waals surface area contributed by atoms with Crippen molar-refractivity contribution in [3.63, 3.8) is 0 Å². The zero-order valence-electron chi connectivity index (χ0n) is 8.52. The Kier molecular flexibility index (Phi) is 7.40. The molecule has 14 heavy (non-hydrogen) atoms. The van der Waals surface area contributed by atoms with Crippen LogP contribution in [0.3, 0.4) is 0 Å². The van der Waals surface area contributed by atoms with Gasteiger partial charge in [0.15, 0.2) is 0 Å². The standard InChI is InChI=1S/C8H17F3N2S/c1-12-4-3-5-13(2)6-7-14-8(9,10)11/h12H,3-7H2,1-2H3. The monoisotopic (exact) mass is 230 g/mol. The summed E-state index contributed by atoms with van der Waals surface area (Å²) in [5.74, 6) is 0.111. The van der Waals surface area contributed by atoms with Crippen LogP contribution in [-0.2, 0) is 0 Å². The molecule has 6 heteroatoms. The topological polar surface area (TPSA) is 15.3 Å². The largest absolute Gasteiger partial charge is 0.441 e. The van der Waals surface area contributed by atoms with Crippen molar-refractivity contribution in [1.82, 2.24) is 10.2 Å². The normalized spacial score (nSPS) is 12.4. The third kappa shape index (κ3) is 10.1. The molecule has 0 aliphatic heterocycles. The molecule has 0 saturated heterocycles.